The lowest BCUT2D eigenvalue weighted by Crippen LogP contribution is -1.98. The highest BCUT2D eigenvalue weighted by molar-refractivity contribution is 5.59. The van der Waals surface area contributed by atoms with Crippen molar-refractivity contribution in [1.29, 1.82) is 0 Å². The van der Waals surface area contributed by atoms with Crippen LogP contribution in [0.4, 0.5) is 0 Å². The van der Waals surface area contributed by atoms with Crippen molar-refractivity contribution in [2.24, 2.45) is 0 Å². The van der Waals surface area contributed by atoms with Crippen molar-refractivity contribution in [3.63, 3.8) is 0 Å². The summed E-state index contributed by atoms with van der Waals surface area (Å²) in [7, 11) is 0. The number of hydrogen-bond acceptors (Lipinski definition) is 2. The average molecular weight is 204 g/mol. The first-order chi connectivity index (χ1) is 7.40. The zero-order valence-electron chi connectivity index (χ0n) is 9.03. The van der Waals surface area contributed by atoms with Crippen molar-refractivity contribution in [3.05, 3.63) is 29.8 Å². The Kier molecular flexibility index (Phi) is 3.28. The van der Waals surface area contributed by atoms with Crippen LogP contribution in [0.5, 0.6) is 11.5 Å². The Hall–Kier alpha value is -1.44. The SMILES string of the molecule is CCCOc1ccc2c(c1)OCCC=C2. The molecule has 2 nitrogen and oxygen atoms in total. The van der Waals surface area contributed by atoms with Crippen molar-refractivity contribution in [3.8, 4) is 11.5 Å². The zero-order valence-corrected chi connectivity index (χ0v) is 9.03. The number of hydrogen-bond donors (Lipinski definition) is 0. The Bertz CT molecular complexity index is 356. The normalized spacial score (nSPS) is 13.9. The number of fused-ring (bicyclic) bond motifs is 1. The molecule has 1 heterocycles. The van der Waals surface area contributed by atoms with E-state index in [1.807, 2.05) is 18.2 Å². The summed E-state index contributed by atoms with van der Waals surface area (Å²) in [5.74, 6) is 1.82. The maximum absolute atomic E-state index is 5.63. The Morgan fingerprint density at radius 3 is 3.20 bits per heavy atom. The maximum Gasteiger partial charge on any atom is 0.130 e. The van der Waals surface area contributed by atoms with Crippen molar-refractivity contribution >= 4 is 6.08 Å². The zero-order chi connectivity index (χ0) is 10.5. The van der Waals surface area contributed by atoms with Gasteiger partial charge in [0, 0.05) is 11.6 Å². The summed E-state index contributed by atoms with van der Waals surface area (Å²) in [5, 5.41) is 0. The number of benzene rings is 1. The second-order valence-electron chi connectivity index (χ2n) is 3.59. The van der Waals surface area contributed by atoms with Crippen LogP contribution in [0.25, 0.3) is 6.08 Å². The quantitative estimate of drug-likeness (QED) is 0.752. The Morgan fingerprint density at radius 2 is 2.33 bits per heavy atom. The fourth-order valence-electron chi connectivity index (χ4n) is 1.53. The molecule has 80 valence electrons. The van der Waals surface area contributed by atoms with E-state index in [4.69, 9.17) is 9.47 Å². The molecule has 0 atom stereocenters. The van der Waals surface area contributed by atoms with E-state index in [1.165, 1.54) is 0 Å². The van der Waals surface area contributed by atoms with Crippen molar-refractivity contribution in [2.75, 3.05) is 13.2 Å². The molecular formula is C13H16O2. The van der Waals surface area contributed by atoms with Crippen LogP contribution in [0.15, 0.2) is 24.3 Å². The molecule has 1 aromatic carbocycles. The summed E-state index contributed by atoms with van der Waals surface area (Å²) in [6.07, 6.45) is 6.24. The fraction of sp³-hybridized carbons (Fsp3) is 0.385. The molecule has 2 heteroatoms. The number of rotatable bonds is 3. The first kappa shape index (κ1) is 10.1. The van der Waals surface area contributed by atoms with Crippen LogP contribution < -0.4 is 9.47 Å². The van der Waals surface area contributed by atoms with Crippen LogP contribution >= 0.6 is 0 Å². The van der Waals surface area contributed by atoms with Gasteiger partial charge in [0.25, 0.3) is 0 Å². The third-order valence-corrected chi connectivity index (χ3v) is 2.30. The topological polar surface area (TPSA) is 18.5 Å². The Balaban J connectivity index is 2.18. The lowest BCUT2D eigenvalue weighted by Gasteiger charge is -2.09. The lowest BCUT2D eigenvalue weighted by molar-refractivity contribution is 0.305. The van der Waals surface area contributed by atoms with Gasteiger partial charge >= 0.3 is 0 Å². The summed E-state index contributed by atoms with van der Waals surface area (Å²) in [4.78, 5) is 0. The van der Waals surface area contributed by atoms with Gasteiger partial charge in [-0.1, -0.05) is 19.1 Å². The van der Waals surface area contributed by atoms with E-state index in [2.05, 4.69) is 19.1 Å². The van der Waals surface area contributed by atoms with E-state index < -0.39 is 0 Å². The standard InChI is InChI=1S/C13H16O2/c1-2-8-14-12-7-6-11-5-3-4-9-15-13(11)10-12/h3,5-7,10H,2,4,8-9H2,1H3. The highest BCUT2D eigenvalue weighted by Crippen LogP contribution is 2.27. The second-order valence-corrected chi connectivity index (χ2v) is 3.59. The van der Waals surface area contributed by atoms with Gasteiger partial charge in [-0.15, -0.1) is 0 Å². The molecule has 0 aliphatic carbocycles. The molecule has 0 spiro atoms. The average Bonchev–Trinajstić information content (AvgIpc) is 2.50. The summed E-state index contributed by atoms with van der Waals surface area (Å²) in [6.45, 7) is 3.61. The molecule has 1 aliphatic rings. The lowest BCUT2D eigenvalue weighted by atomic mass is 10.2. The molecule has 0 unspecified atom stereocenters. The molecular weight excluding hydrogens is 188 g/mol. The first-order valence-corrected chi connectivity index (χ1v) is 5.46. The van der Waals surface area contributed by atoms with Crippen LogP contribution in [0.1, 0.15) is 25.3 Å². The molecule has 0 fully saturated rings. The van der Waals surface area contributed by atoms with Crippen molar-refractivity contribution in [1.82, 2.24) is 0 Å². The summed E-state index contributed by atoms with van der Waals surface area (Å²) in [6, 6.07) is 6.01. The van der Waals surface area contributed by atoms with E-state index in [0.29, 0.717) is 0 Å². The van der Waals surface area contributed by atoms with Gasteiger partial charge < -0.3 is 9.47 Å². The third-order valence-electron chi connectivity index (χ3n) is 2.30. The molecule has 0 radical (unpaired) electrons. The fourth-order valence-corrected chi connectivity index (χ4v) is 1.53. The summed E-state index contributed by atoms with van der Waals surface area (Å²) in [5.41, 5.74) is 1.14. The second kappa shape index (κ2) is 4.87. The summed E-state index contributed by atoms with van der Waals surface area (Å²) >= 11 is 0. The highest BCUT2D eigenvalue weighted by Gasteiger charge is 2.05. The molecule has 0 N–H and O–H groups in total. The molecule has 0 saturated heterocycles. The maximum atomic E-state index is 5.63. The number of ether oxygens (including phenoxy) is 2. The van der Waals surface area contributed by atoms with Crippen LogP contribution in [0, 0.1) is 0 Å². The Labute approximate surface area is 90.5 Å². The largest absolute Gasteiger partial charge is 0.493 e. The van der Waals surface area contributed by atoms with E-state index in [0.717, 1.165) is 43.1 Å². The highest BCUT2D eigenvalue weighted by atomic mass is 16.5. The van der Waals surface area contributed by atoms with Crippen LogP contribution in [-0.4, -0.2) is 13.2 Å². The van der Waals surface area contributed by atoms with E-state index >= 15 is 0 Å². The minimum Gasteiger partial charge on any atom is -0.493 e. The summed E-state index contributed by atoms with van der Waals surface area (Å²) < 4.78 is 11.2. The third kappa shape index (κ3) is 2.52. The minimum atomic E-state index is 0.751. The molecule has 1 aliphatic heterocycles. The van der Waals surface area contributed by atoms with Gasteiger partial charge in [0.1, 0.15) is 11.5 Å². The monoisotopic (exact) mass is 204 g/mol. The van der Waals surface area contributed by atoms with Gasteiger partial charge in [-0.05, 0) is 25.0 Å². The smallest absolute Gasteiger partial charge is 0.130 e. The molecule has 15 heavy (non-hydrogen) atoms. The van der Waals surface area contributed by atoms with Gasteiger partial charge in [-0.3, -0.25) is 0 Å². The van der Waals surface area contributed by atoms with E-state index in [1.54, 1.807) is 0 Å². The van der Waals surface area contributed by atoms with Gasteiger partial charge in [-0.2, -0.15) is 0 Å². The van der Waals surface area contributed by atoms with E-state index in [-0.39, 0.29) is 0 Å². The molecule has 0 aromatic heterocycles. The van der Waals surface area contributed by atoms with Crippen LogP contribution in [0.3, 0.4) is 0 Å². The first-order valence-electron chi connectivity index (χ1n) is 5.46. The minimum absolute atomic E-state index is 0.751. The van der Waals surface area contributed by atoms with Crippen LogP contribution in [-0.2, 0) is 0 Å². The predicted molar refractivity (Wildman–Crippen MR) is 61.4 cm³/mol. The van der Waals surface area contributed by atoms with Gasteiger partial charge in [0.2, 0.25) is 0 Å². The molecule has 0 bridgehead atoms. The molecule has 0 saturated carbocycles. The van der Waals surface area contributed by atoms with Gasteiger partial charge in [0.15, 0.2) is 0 Å². The predicted octanol–water partition coefficient (Wildman–Crippen LogP) is 3.27. The van der Waals surface area contributed by atoms with Gasteiger partial charge in [0.05, 0.1) is 13.2 Å². The van der Waals surface area contributed by atoms with Crippen molar-refractivity contribution < 1.29 is 9.47 Å². The molecule has 1 aromatic rings. The van der Waals surface area contributed by atoms with Crippen LogP contribution in [0.2, 0.25) is 0 Å². The van der Waals surface area contributed by atoms with Gasteiger partial charge in [-0.25, -0.2) is 0 Å². The van der Waals surface area contributed by atoms with E-state index in [9.17, 15) is 0 Å². The Morgan fingerprint density at radius 1 is 1.40 bits per heavy atom. The molecule has 2 rings (SSSR count). The molecule has 0 amide bonds. The van der Waals surface area contributed by atoms with Crippen molar-refractivity contribution in [2.45, 2.75) is 19.8 Å².